The number of rotatable bonds is 5. The monoisotopic (exact) mass is 447 g/mol. The van der Waals surface area contributed by atoms with Crippen molar-refractivity contribution >= 4 is 22.5 Å². The van der Waals surface area contributed by atoms with Crippen molar-refractivity contribution in [3.63, 3.8) is 0 Å². The van der Waals surface area contributed by atoms with Gasteiger partial charge in [0.25, 0.3) is 0 Å². The van der Waals surface area contributed by atoms with Crippen LogP contribution in [0, 0.1) is 19.8 Å². The van der Waals surface area contributed by atoms with Crippen LogP contribution in [-0.2, 0) is 0 Å². The lowest BCUT2D eigenvalue weighted by molar-refractivity contribution is 0.318. The number of amidine groups is 1. The standard InChI is InChI=1S/C24H22FN5O3/c1-12-10-16(14(3)29-18-7-5-8-27-19(18)24(26)30-32)22-17(11-12)20(31)13(2)21(33-22)15-6-4-9-28-23(15)25/h4-11,14,29,32H,1-3H3,(H2,26,30)/t14-/m1/s1. The van der Waals surface area contributed by atoms with E-state index in [0.717, 1.165) is 5.56 Å². The SMILES string of the molecule is Cc1cc([C@@H](C)Nc2cccnc2/C(N)=N/O)c2oc(-c3cccnc3F)c(C)c(=O)c2c1. The van der Waals surface area contributed by atoms with Crippen molar-refractivity contribution in [2.24, 2.45) is 10.9 Å². The minimum Gasteiger partial charge on any atom is -0.455 e. The average Bonchev–Trinajstić information content (AvgIpc) is 2.81. The Balaban J connectivity index is 1.90. The fraction of sp³-hybridized carbons (Fsp3) is 0.167. The molecule has 4 N–H and O–H groups in total. The van der Waals surface area contributed by atoms with Gasteiger partial charge < -0.3 is 20.7 Å². The van der Waals surface area contributed by atoms with Gasteiger partial charge in [-0.05, 0) is 56.7 Å². The summed E-state index contributed by atoms with van der Waals surface area (Å²) in [5.74, 6) is -0.730. The third-order valence-corrected chi connectivity index (χ3v) is 5.39. The number of nitrogens with two attached hydrogens (primary N) is 1. The Bertz CT molecular complexity index is 1450. The van der Waals surface area contributed by atoms with Crippen LogP contribution in [0.1, 0.15) is 35.3 Å². The summed E-state index contributed by atoms with van der Waals surface area (Å²) in [5.41, 5.74) is 8.61. The Hall–Kier alpha value is -4.27. The van der Waals surface area contributed by atoms with Gasteiger partial charge in [0, 0.05) is 23.5 Å². The molecule has 3 aromatic heterocycles. The van der Waals surface area contributed by atoms with Gasteiger partial charge in [-0.1, -0.05) is 11.2 Å². The summed E-state index contributed by atoms with van der Waals surface area (Å²) in [6.07, 6.45) is 2.86. The predicted molar refractivity (Wildman–Crippen MR) is 124 cm³/mol. The third kappa shape index (κ3) is 4.00. The molecule has 1 atom stereocenters. The largest absolute Gasteiger partial charge is 0.455 e. The molecule has 0 aliphatic rings. The van der Waals surface area contributed by atoms with Crippen LogP contribution in [0.5, 0.6) is 0 Å². The molecule has 0 aliphatic heterocycles. The second-order valence-electron chi connectivity index (χ2n) is 7.71. The van der Waals surface area contributed by atoms with Crippen LogP contribution in [-0.4, -0.2) is 21.0 Å². The van der Waals surface area contributed by atoms with E-state index in [0.29, 0.717) is 27.8 Å². The van der Waals surface area contributed by atoms with Crippen LogP contribution in [0.4, 0.5) is 10.1 Å². The van der Waals surface area contributed by atoms with Gasteiger partial charge in [-0.2, -0.15) is 4.39 Å². The zero-order valence-corrected chi connectivity index (χ0v) is 18.3. The van der Waals surface area contributed by atoms with Gasteiger partial charge in [0.1, 0.15) is 17.0 Å². The van der Waals surface area contributed by atoms with Crippen molar-refractivity contribution < 1.29 is 14.0 Å². The summed E-state index contributed by atoms with van der Waals surface area (Å²) in [7, 11) is 0. The zero-order valence-electron chi connectivity index (χ0n) is 18.3. The van der Waals surface area contributed by atoms with E-state index in [2.05, 4.69) is 20.4 Å². The van der Waals surface area contributed by atoms with E-state index in [4.69, 9.17) is 15.4 Å². The van der Waals surface area contributed by atoms with Crippen molar-refractivity contribution in [1.29, 1.82) is 0 Å². The number of hydrogen-bond acceptors (Lipinski definition) is 7. The fourth-order valence-corrected chi connectivity index (χ4v) is 3.79. The van der Waals surface area contributed by atoms with Gasteiger partial charge >= 0.3 is 0 Å². The molecule has 0 saturated carbocycles. The van der Waals surface area contributed by atoms with E-state index in [1.54, 1.807) is 31.2 Å². The zero-order chi connectivity index (χ0) is 23.7. The minimum absolute atomic E-state index is 0.114. The predicted octanol–water partition coefficient (Wildman–Crippen LogP) is 4.27. The third-order valence-electron chi connectivity index (χ3n) is 5.39. The van der Waals surface area contributed by atoms with E-state index >= 15 is 0 Å². The van der Waals surface area contributed by atoms with E-state index in [9.17, 15) is 9.18 Å². The average molecular weight is 447 g/mol. The van der Waals surface area contributed by atoms with Gasteiger partial charge in [0.15, 0.2) is 11.3 Å². The topological polar surface area (TPSA) is 127 Å². The van der Waals surface area contributed by atoms with Gasteiger partial charge in [-0.3, -0.25) is 9.78 Å². The Kier molecular flexibility index (Phi) is 5.78. The molecule has 0 fully saturated rings. The van der Waals surface area contributed by atoms with Gasteiger partial charge in [0.05, 0.1) is 22.7 Å². The Labute approximate surface area is 188 Å². The molecule has 0 amide bonds. The minimum atomic E-state index is -0.721. The number of fused-ring (bicyclic) bond motifs is 1. The lowest BCUT2D eigenvalue weighted by Gasteiger charge is -2.20. The summed E-state index contributed by atoms with van der Waals surface area (Å²) in [4.78, 5) is 21.0. The van der Waals surface area contributed by atoms with Gasteiger partial charge in [0.2, 0.25) is 5.95 Å². The van der Waals surface area contributed by atoms with Crippen molar-refractivity contribution in [2.75, 3.05) is 5.32 Å². The molecule has 0 saturated heterocycles. The molecule has 0 bridgehead atoms. The van der Waals surface area contributed by atoms with Crippen LogP contribution in [0.25, 0.3) is 22.3 Å². The number of anilines is 1. The highest BCUT2D eigenvalue weighted by molar-refractivity contribution is 6.00. The van der Waals surface area contributed by atoms with Gasteiger partial charge in [-0.25, -0.2) is 4.98 Å². The maximum Gasteiger partial charge on any atom is 0.223 e. The number of pyridine rings is 2. The normalized spacial score (nSPS) is 12.7. The van der Waals surface area contributed by atoms with Crippen LogP contribution < -0.4 is 16.5 Å². The maximum atomic E-state index is 14.4. The lowest BCUT2D eigenvalue weighted by Crippen LogP contribution is -2.19. The second-order valence-corrected chi connectivity index (χ2v) is 7.71. The van der Waals surface area contributed by atoms with E-state index < -0.39 is 5.95 Å². The van der Waals surface area contributed by atoms with Crippen molar-refractivity contribution in [3.8, 4) is 11.3 Å². The number of hydrogen-bond donors (Lipinski definition) is 3. The summed E-state index contributed by atoms with van der Waals surface area (Å²) in [6, 6.07) is 9.82. The maximum absolute atomic E-state index is 14.4. The molecule has 1 aromatic carbocycles. The van der Waals surface area contributed by atoms with Crippen molar-refractivity contribution in [1.82, 2.24) is 9.97 Å². The first-order chi connectivity index (χ1) is 15.8. The first kappa shape index (κ1) is 21.9. The molecule has 9 heteroatoms. The van der Waals surface area contributed by atoms with Crippen LogP contribution >= 0.6 is 0 Å². The highest BCUT2D eigenvalue weighted by Crippen LogP contribution is 2.32. The number of nitrogens with zero attached hydrogens (tertiary/aromatic N) is 3. The fourth-order valence-electron chi connectivity index (χ4n) is 3.79. The Morgan fingerprint density at radius 2 is 1.94 bits per heavy atom. The van der Waals surface area contributed by atoms with Crippen molar-refractivity contribution in [3.05, 3.63) is 87.3 Å². The van der Waals surface area contributed by atoms with Crippen LogP contribution in [0.2, 0.25) is 0 Å². The first-order valence-corrected chi connectivity index (χ1v) is 10.2. The highest BCUT2D eigenvalue weighted by Gasteiger charge is 2.21. The molecule has 168 valence electrons. The van der Waals surface area contributed by atoms with E-state index in [-0.39, 0.29) is 34.3 Å². The Morgan fingerprint density at radius 3 is 2.67 bits per heavy atom. The molecular weight excluding hydrogens is 425 g/mol. The molecule has 3 heterocycles. The summed E-state index contributed by atoms with van der Waals surface area (Å²) < 4.78 is 20.6. The number of aryl methyl sites for hydroxylation is 1. The second kappa shape index (κ2) is 8.70. The molecule has 8 nitrogen and oxygen atoms in total. The summed E-state index contributed by atoms with van der Waals surface area (Å²) in [6.45, 7) is 5.36. The van der Waals surface area contributed by atoms with Gasteiger partial charge in [-0.15, -0.1) is 0 Å². The molecule has 0 radical (unpaired) electrons. The number of aromatic nitrogens is 2. The summed E-state index contributed by atoms with van der Waals surface area (Å²) >= 11 is 0. The smallest absolute Gasteiger partial charge is 0.223 e. The molecular formula is C24H22FN5O3. The van der Waals surface area contributed by atoms with E-state index in [1.807, 2.05) is 19.9 Å². The van der Waals surface area contributed by atoms with Crippen LogP contribution in [0.3, 0.4) is 0 Å². The molecule has 4 aromatic rings. The number of nitrogens with one attached hydrogen (secondary N) is 1. The lowest BCUT2D eigenvalue weighted by atomic mass is 9.99. The Morgan fingerprint density at radius 1 is 1.21 bits per heavy atom. The quantitative estimate of drug-likeness (QED) is 0.137. The molecule has 0 aliphatic carbocycles. The molecule has 0 unspecified atom stereocenters. The van der Waals surface area contributed by atoms with Crippen molar-refractivity contribution in [2.45, 2.75) is 26.8 Å². The highest BCUT2D eigenvalue weighted by atomic mass is 19.1. The molecule has 4 rings (SSSR count). The van der Waals surface area contributed by atoms with Crippen LogP contribution in [0.15, 0.2) is 63.2 Å². The summed E-state index contributed by atoms with van der Waals surface area (Å²) in [5, 5.41) is 15.8. The number of halogens is 1. The molecule has 0 spiro atoms. The number of oxime groups is 1. The molecule has 33 heavy (non-hydrogen) atoms. The number of benzene rings is 1. The van der Waals surface area contributed by atoms with E-state index in [1.165, 1.54) is 18.5 Å². The first-order valence-electron chi connectivity index (χ1n) is 10.2.